The van der Waals surface area contributed by atoms with Gasteiger partial charge in [0.15, 0.2) is 0 Å². The molecule has 0 unspecified atom stereocenters. The molecule has 0 atom stereocenters. The zero-order valence-corrected chi connectivity index (χ0v) is 12.1. The number of nitrogens with zero attached hydrogens (tertiary/aromatic N) is 1. The van der Waals surface area contributed by atoms with Gasteiger partial charge in [0.2, 0.25) is 0 Å². The maximum Gasteiger partial charge on any atom is 0.304 e. The molecule has 1 N–H and O–H groups in total. The monoisotopic (exact) mass is 317 g/mol. The maximum atomic E-state index is 13.0. The van der Waals surface area contributed by atoms with Crippen molar-refractivity contribution in [1.29, 1.82) is 0 Å². The average molecular weight is 318 g/mol. The van der Waals surface area contributed by atoms with Crippen molar-refractivity contribution in [3.8, 4) is 0 Å². The van der Waals surface area contributed by atoms with Gasteiger partial charge < -0.3 is 5.11 Å². The molecular weight excluding hydrogens is 301 g/mol. The van der Waals surface area contributed by atoms with E-state index in [1.165, 1.54) is 12.1 Å². The molecule has 18 heavy (non-hydrogen) atoms. The highest BCUT2D eigenvalue weighted by Gasteiger charge is 2.13. The predicted molar refractivity (Wildman–Crippen MR) is 71.9 cm³/mol. The molecule has 0 saturated carbocycles. The highest BCUT2D eigenvalue weighted by atomic mass is 79.9. The molecule has 0 aromatic heterocycles. The number of carbonyl (C=O) groups is 1. The lowest BCUT2D eigenvalue weighted by molar-refractivity contribution is -0.137. The highest BCUT2D eigenvalue weighted by Crippen LogP contribution is 2.20. The quantitative estimate of drug-likeness (QED) is 0.875. The first kappa shape index (κ1) is 15.1. The van der Waals surface area contributed by atoms with E-state index < -0.39 is 5.97 Å². The molecule has 0 aliphatic carbocycles. The van der Waals surface area contributed by atoms with Gasteiger partial charge in [-0.05, 0) is 31.5 Å². The third-order valence-corrected chi connectivity index (χ3v) is 3.47. The van der Waals surface area contributed by atoms with Crippen molar-refractivity contribution < 1.29 is 14.3 Å². The Kier molecular flexibility index (Phi) is 5.75. The first-order valence-corrected chi connectivity index (χ1v) is 6.59. The molecule has 3 nitrogen and oxygen atoms in total. The van der Waals surface area contributed by atoms with Crippen molar-refractivity contribution in [2.75, 3.05) is 6.54 Å². The molecule has 5 heteroatoms. The summed E-state index contributed by atoms with van der Waals surface area (Å²) in [6, 6.07) is 4.79. The predicted octanol–water partition coefficient (Wildman–Crippen LogP) is 3.27. The summed E-state index contributed by atoms with van der Waals surface area (Å²) in [6.07, 6.45) is 0.108. The average Bonchev–Trinajstić information content (AvgIpc) is 2.26. The fourth-order valence-corrected chi connectivity index (χ4v) is 2.10. The van der Waals surface area contributed by atoms with Gasteiger partial charge in [-0.3, -0.25) is 9.69 Å². The van der Waals surface area contributed by atoms with Gasteiger partial charge in [0.25, 0.3) is 0 Å². The van der Waals surface area contributed by atoms with Crippen LogP contribution in [0.3, 0.4) is 0 Å². The van der Waals surface area contributed by atoms with Crippen LogP contribution in [0.1, 0.15) is 25.8 Å². The van der Waals surface area contributed by atoms with Gasteiger partial charge in [-0.15, -0.1) is 0 Å². The summed E-state index contributed by atoms with van der Waals surface area (Å²) in [5, 5.41) is 8.72. The lowest BCUT2D eigenvalue weighted by atomic mass is 10.1. The van der Waals surface area contributed by atoms with Crippen LogP contribution in [-0.4, -0.2) is 28.6 Å². The summed E-state index contributed by atoms with van der Waals surface area (Å²) in [6.45, 7) is 5.11. The zero-order chi connectivity index (χ0) is 13.7. The number of carboxylic acid groups (broad SMARTS) is 1. The molecule has 0 bridgehead atoms. The van der Waals surface area contributed by atoms with E-state index in [1.807, 2.05) is 18.7 Å². The largest absolute Gasteiger partial charge is 0.481 e. The third kappa shape index (κ3) is 4.74. The van der Waals surface area contributed by atoms with Crippen LogP contribution in [0.15, 0.2) is 22.7 Å². The van der Waals surface area contributed by atoms with Crippen molar-refractivity contribution in [2.45, 2.75) is 32.9 Å². The standard InChI is InChI=1S/C13H17BrFNO2/c1-9(2)16(6-5-13(17)18)8-10-3-4-11(15)7-12(10)14/h3-4,7,9H,5-6,8H2,1-2H3,(H,17,18). The van der Waals surface area contributed by atoms with Crippen LogP contribution >= 0.6 is 15.9 Å². The van der Waals surface area contributed by atoms with Crippen LogP contribution in [0.2, 0.25) is 0 Å². The second-order valence-corrected chi connectivity index (χ2v) is 5.30. The SMILES string of the molecule is CC(C)N(CCC(=O)O)Cc1ccc(F)cc1Br. The van der Waals surface area contributed by atoms with Crippen LogP contribution in [0, 0.1) is 5.82 Å². The first-order valence-electron chi connectivity index (χ1n) is 5.80. The molecular formula is C13H17BrFNO2. The minimum absolute atomic E-state index is 0.108. The summed E-state index contributed by atoms with van der Waals surface area (Å²) in [5.41, 5.74) is 0.954. The molecule has 100 valence electrons. The van der Waals surface area contributed by atoms with E-state index in [4.69, 9.17) is 5.11 Å². The van der Waals surface area contributed by atoms with E-state index in [0.717, 1.165) is 5.56 Å². The van der Waals surface area contributed by atoms with Crippen molar-refractivity contribution in [2.24, 2.45) is 0 Å². The van der Waals surface area contributed by atoms with Gasteiger partial charge in [-0.2, -0.15) is 0 Å². The van der Waals surface area contributed by atoms with Crippen LogP contribution in [0.25, 0.3) is 0 Å². The number of carboxylic acids is 1. The first-order chi connectivity index (χ1) is 8.40. The second-order valence-electron chi connectivity index (χ2n) is 4.44. The van der Waals surface area contributed by atoms with Gasteiger partial charge in [0.05, 0.1) is 6.42 Å². The Morgan fingerprint density at radius 3 is 2.67 bits per heavy atom. The third-order valence-electron chi connectivity index (χ3n) is 2.73. The summed E-state index contributed by atoms with van der Waals surface area (Å²) in [5.74, 6) is -1.09. The Hall–Kier alpha value is -0.940. The Morgan fingerprint density at radius 2 is 2.17 bits per heavy atom. The molecule has 0 saturated heterocycles. The summed E-state index contributed by atoms with van der Waals surface area (Å²) >= 11 is 3.32. The highest BCUT2D eigenvalue weighted by molar-refractivity contribution is 9.10. The van der Waals surface area contributed by atoms with E-state index >= 15 is 0 Å². The fraction of sp³-hybridized carbons (Fsp3) is 0.462. The number of halogens is 2. The van der Waals surface area contributed by atoms with Crippen molar-refractivity contribution >= 4 is 21.9 Å². The topological polar surface area (TPSA) is 40.5 Å². The van der Waals surface area contributed by atoms with Crippen LogP contribution in [-0.2, 0) is 11.3 Å². The molecule has 0 aliphatic rings. The van der Waals surface area contributed by atoms with E-state index in [1.54, 1.807) is 6.07 Å². The molecule has 0 fully saturated rings. The summed E-state index contributed by atoms with van der Waals surface area (Å²) in [4.78, 5) is 12.7. The van der Waals surface area contributed by atoms with E-state index in [0.29, 0.717) is 17.6 Å². The lowest BCUT2D eigenvalue weighted by Crippen LogP contribution is -2.32. The lowest BCUT2D eigenvalue weighted by Gasteiger charge is -2.26. The molecule has 0 aliphatic heterocycles. The van der Waals surface area contributed by atoms with Crippen molar-refractivity contribution in [3.63, 3.8) is 0 Å². The van der Waals surface area contributed by atoms with Crippen LogP contribution in [0.5, 0.6) is 0 Å². The van der Waals surface area contributed by atoms with Gasteiger partial charge in [0.1, 0.15) is 5.82 Å². The minimum atomic E-state index is -0.807. The molecule has 1 rings (SSSR count). The van der Waals surface area contributed by atoms with E-state index in [2.05, 4.69) is 15.9 Å². The van der Waals surface area contributed by atoms with Crippen LogP contribution in [0.4, 0.5) is 4.39 Å². The van der Waals surface area contributed by atoms with Gasteiger partial charge in [-0.25, -0.2) is 4.39 Å². The zero-order valence-electron chi connectivity index (χ0n) is 10.5. The van der Waals surface area contributed by atoms with Gasteiger partial charge in [0, 0.05) is 23.6 Å². The normalized spacial score (nSPS) is 11.2. The Bertz CT molecular complexity index is 423. The fourth-order valence-electron chi connectivity index (χ4n) is 1.63. The van der Waals surface area contributed by atoms with Gasteiger partial charge in [-0.1, -0.05) is 22.0 Å². The number of rotatable bonds is 6. The molecule has 0 heterocycles. The molecule has 0 radical (unpaired) electrons. The molecule has 1 aromatic carbocycles. The second kappa shape index (κ2) is 6.85. The summed E-state index contributed by atoms with van der Waals surface area (Å²) < 4.78 is 13.7. The molecule has 1 aromatic rings. The summed E-state index contributed by atoms with van der Waals surface area (Å²) in [7, 11) is 0. The Balaban J connectivity index is 2.73. The number of hydrogen-bond acceptors (Lipinski definition) is 2. The molecule has 0 spiro atoms. The molecule has 0 amide bonds. The maximum absolute atomic E-state index is 13.0. The van der Waals surface area contributed by atoms with E-state index in [-0.39, 0.29) is 18.3 Å². The number of aliphatic carboxylic acids is 1. The number of benzene rings is 1. The van der Waals surface area contributed by atoms with Crippen molar-refractivity contribution in [3.05, 3.63) is 34.1 Å². The Morgan fingerprint density at radius 1 is 1.50 bits per heavy atom. The Labute approximate surface area is 115 Å². The van der Waals surface area contributed by atoms with E-state index in [9.17, 15) is 9.18 Å². The van der Waals surface area contributed by atoms with Gasteiger partial charge >= 0.3 is 5.97 Å². The van der Waals surface area contributed by atoms with Crippen LogP contribution < -0.4 is 0 Å². The van der Waals surface area contributed by atoms with Crippen molar-refractivity contribution in [1.82, 2.24) is 4.90 Å². The minimum Gasteiger partial charge on any atom is -0.481 e. The number of hydrogen-bond donors (Lipinski definition) is 1. The smallest absolute Gasteiger partial charge is 0.304 e.